The molecule has 0 bridgehead atoms. The van der Waals surface area contributed by atoms with Crippen LogP contribution in [0.5, 0.6) is 11.5 Å². The number of hydrogen-bond acceptors (Lipinski definition) is 4. The van der Waals surface area contributed by atoms with Gasteiger partial charge in [-0.05, 0) is 30.3 Å². The number of benzene rings is 2. The average Bonchev–Trinajstić information content (AvgIpc) is 2.40. The molecular formula is C14H10FN3O2. The van der Waals surface area contributed by atoms with E-state index in [0.717, 1.165) is 6.07 Å². The molecule has 2 aromatic rings. The van der Waals surface area contributed by atoms with Gasteiger partial charge in [-0.15, -0.1) is 0 Å². The van der Waals surface area contributed by atoms with E-state index in [0.29, 0.717) is 5.69 Å². The highest BCUT2D eigenvalue weighted by atomic mass is 19.1. The molecule has 0 aromatic heterocycles. The van der Waals surface area contributed by atoms with Crippen LogP contribution in [-0.4, -0.2) is 5.91 Å². The Morgan fingerprint density at radius 1 is 1.25 bits per heavy atom. The Morgan fingerprint density at radius 3 is 2.60 bits per heavy atom. The molecular weight excluding hydrogens is 261 g/mol. The summed E-state index contributed by atoms with van der Waals surface area (Å²) in [6.07, 6.45) is 0. The minimum atomic E-state index is -0.862. The summed E-state index contributed by atoms with van der Waals surface area (Å²) >= 11 is 0. The van der Waals surface area contributed by atoms with E-state index in [2.05, 4.69) is 0 Å². The van der Waals surface area contributed by atoms with Crippen LogP contribution in [0.4, 0.5) is 10.1 Å². The molecule has 2 aromatic carbocycles. The van der Waals surface area contributed by atoms with Gasteiger partial charge in [0.25, 0.3) is 5.91 Å². The predicted molar refractivity (Wildman–Crippen MR) is 70.6 cm³/mol. The fraction of sp³-hybridized carbons (Fsp3) is 0. The van der Waals surface area contributed by atoms with Crippen LogP contribution in [0.2, 0.25) is 0 Å². The van der Waals surface area contributed by atoms with E-state index >= 15 is 0 Å². The fourth-order valence-electron chi connectivity index (χ4n) is 1.61. The molecule has 0 heterocycles. The number of nitrogens with two attached hydrogens (primary N) is 2. The summed E-state index contributed by atoms with van der Waals surface area (Å²) in [4.78, 5) is 10.9. The lowest BCUT2D eigenvalue weighted by Crippen LogP contribution is -2.12. The van der Waals surface area contributed by atoms with Crippen molar-refractivity contribution >= 4 is 11.6 Å². The predicted octanol–water partition coefficient (Wildman–Crippen LogP) is 2.17. The summed E-state index contributed by atoms with van der Waals surface area (Å²) in [6.45, 7) is 0. The first kappa shape index (κ1) is 13.4. The van der Waals surface area contributed by atoms with E-state index in [-0.39, 0.29) is 22.6 Å². The third-order valence-corrected chi connectivity index (χ3v) is 2.56. The molecule has 0 saturated heterocycles. The number of carbonyl (C=O) groups excluding carboxylic acids is 1. The zero-order valence-corrected chi connectivity index (χ0v) is 10.3. The maximum Gasteiger partial charge on any atom is 0.251 e. The maximum absolute atomic E-state index is 13.6. The molecule has 0 fully saturated rings. The van der Waals surface area contributed by atoms with Crippen LogP contribution in [0.1, 0.15) is 15.9 Å². The van der Waals surface area contributed by atoms with Gasteiger partial charge in [0.1, 0.15) is 23.4 Å². The molecule has 0 aliphatic heterocycles. The van der Waals surface area contributed by atoms with E-state index in [9.17, 15) is 9.18 Å². The molecule has 0 spiro atoms. The summed E-state index contributed by atoms with van der Waals surface area (Å²) in [6, 6.07) is 10.1. The number of rotatable bonds is 3. The summed E-state index contributed by atoms with van der Waals surface area (Å²) in [5, 5.41) is 8.97. The van der Waals surface area contributed by atoms with Crippen LogP contribution in [0.3, 0.4) is 0 Å². The highest BCUT2D eigenvalue weighted by Crippen LogP contribution is 2.27. The Kier molecular flexibility index (Phi) is 3.53. The van der Waals surface area contributed by atoms with Gasteiger partial charge in [-0.1, -0.05) is 0 Å². The molecule has 0 aliphatic carbocycles. The van der Waals surface area contributed by atoms with Crippen LogP contribution in [-0.2, 0) is 0 Å². The second kappa shape index (κ2) is 5.28. The Balaban J connectivity index is 2.34. The van der Waals surface area contributed by atoms with Gasteiger partial charge in [-0.2, -0.15) is 5.26 Å². The van der Waals surface area contributed by atoms with E-state index in [4.69, 9.17) is 21.5 Å². The van der Waals surface area contributed by atoms with Crippen LogP contribution in [0, 0.1) is 17.1 Å². The van der Waals surface area contributed by atoms with Crippen LogP contribution in [0.15, 0.2) is 36.4 Å². The number of nitrogens with zero attached hydrogens (tertiary/aromatic N) is 1. The van der Waals surface area contributed by atoms with Crippen molar-refractivity contribution in [3.8, 4) is 17.6 Å². The number of amides is 1. The van der Waals surface area contributed by atoms with Gasteiger partial charge < -0.3 is 16.2 Å². The fourth-order valence-corrected chi connectivity index (χ4v) is 1.61. The molecule has 0 saturated carbocycles. The van der Waals surface area contributed by atoms with Gasteiger partial charge in [-0.25, -0.2) is 4.39 Å². The molecule has 0 unspecified atom stereocenters. The van der Waals surface area contributed by atoms with Crippen molar-refractivity contribution in [2.75, 3.05) is 5.73 Å². The zero-order valence-electron chi connectivity index (χ0n) is 10.3. The van der Waals surface area contributed by atoms with Gasteiger partial charge in [0, 0.05) is 11.8 Å². The van der Waals surface area contributed by atoms with Crippen LogP contribution >= 0.6 is 0 Å². The normalized spacial score (nSPS) is 9.80. The van der Waals surface area contributed by atoms with Crippen molar-refractivity contribution in [1.29, 1.82) is 5.26 Å². The monoisotopic (exact) mass is 271 g/mol. The molecule has 0 radical (unpaired) electrons. The van der Waals surface area contributed by atoms with Crippen molar-refractivity contribution in [2.45, 2.75) is 0 Å². The van der Waals surface area contributed by atoms with Crippen molar-refractivity contribution in [3.05, 3.63) is 53.3 Å². The number of carbonyl (C=O) groups is 1. The lowest BCUT2D eigenvalue weighted by molar-refractivity contribution is 0.0996. The molecule has 4 N–H and O–H groups in total. The molecule has 5 nitrogen and oxygen atoms in total. The summed E-state index contributed by atoms with van der Waals surface area (Å²) in [5.41, 5.74) is 11.0. The Bertz CT molecular complexity index is 723. The quantitative estimate of drug-likeness (QED) is 0.835. The minimum Gasteiger partial charge on any atom is -0.456 e. The van der Waals surface area contributed by atoms with E-state index in [1.54, 1.807) is 6.07 Å². The molecule has 100 valence electrons. The van der Waals surface area contributed by atoms with E-state index in [1.165, 1.54) is 24.3 Å². The lowest BCUT2D eigenvalue weighted by Gasteiger charge is -2.08. The standard InChI is InChI=1S/C14H10FN3O2/c15-12-6-10(2-3-11(12)14(18)19)20-13-4-1-9(17)5-8(13)7-16/h1-6H,17H2,(H2,18,19). The Hall–Kier alpha value is -3.07. The minimum absolute atomic E-state index is 0.147. The molecule has 0 atom stereocenters. The molecule has 2 rings (SSSR count). The second-order valence-corrected chi connectivity index (χ2v) is 3.98. The maximum atomic E-state index is 13.6. The van der Waals surface area contributed by atoms with E-state index < -0.39 is 11.7 Å². The number of halogens is 1. The van der Waals surface area contributed by atoms with Gasteiger partial charge in [0.05, 0.1) is 11.1 Å². The highest BCUT2D eigenvalue weighted by molar-refractivity contribution is 5.93. The topological polar surface area (TPSA) is 102 Å². The average molecular weight is 271 g/mol. The smallest absolute Gasteiger partial charge is 0.251 e. The van der Waals surface area contributed by atoms with Crippen molar-refractivity contribution in [1.82, 2.24) is 0 Å². The lowest BCUT2D eigenvalue weighted by atomic mass is 10.2. The number of primary amides is 1. The van der Waals surface area contributed by atoms with Crippen molar-refractivity contribution in [2.24, 2.45) is 5.73 Å². The SMILES string of the molecule is N#Cc1cc(N)ccc1Oc1ccc(C(N)=O)c(F)c1. The highest BCUT2D eigenvalue weighted by Gasteiger charge is 2.11. The number of ether oxygens (including phenoxy) is 1. The molecule has 0 aliphatic rings. The van der Waals surface area contributed by atoms with Gasteiger partial charge in [0.15, 0.2) is 0 Å². The summed E-state index contributed by atoms with van der Waals surface area (Å²) < 4.78 is 19.0. The molecule has 20 heavy (non-hydrogen) atoms. The number of nitriles is 1. The van der Waals surface area contributed by atoms with Gasteiger partial charge >= 0.3 is 0 Å². The summed E-state index contributed by atoms with van der Waals surface area (Å²) in [7, 11) is 0. The molecule has 1 amide bonds. The first-order chi connectivity index (χ1) is 9.51. The van der Waals surface area contributed by atoms with Crippen LogP contribution in [0.25, 0.3) is 0 Å². The van der Waals surface area contributed by atoms with Crippen molar-refractivity contribution in [3.63, 3.8) is 0 Å². The third-order valence-electron chi connectivity index (χ3n) is 2.56. The first-order valence-corrected chi connectivity index (χ1v) is 5.58. The third kappa shape index (κ3) is 2.67. The number of anilines is 1. The Labute approximate surface area is 114 Å². The Morgan fingerprint density at radius 2 is 2.00 bits per heavy atom. The molecule has 6 heteroatoms. The van der Waals surface area contributed by atoms with E-state index in [1.807, 2.05) is 6.07 Å². The summed E-state index contributed by atoms with van der Waals surface area (Å²) in [5.74, 6) is -1.26. The van der Waals surface area contributed by atoms with Crippen LogP contribution < -0.4 is 16.2 Å². The largest absolute Gasteiger partial charge is 0.456 e. The number of hydrogen-bond donors (Lipinski definition) is 2. The first-order valence-electron chi connectivity index (χ1n) is 5.58. The van der Waals surface area contributed by atoms with Gasteiger partial charge in [-0.3, -0.25) is 4.79 Å². The van der Waals surface area contributed by atoms with Gasteiger partial charge in [0.2, 0.25) is 0 Å². The number of nitrogen functional groups attached to an aromatic ring is 1. The zero-order chi connectivity index (χ0) is 14.7. The second-order valence-electron chi connectivity index (χ2n) is 3.98. The van der Waals surface area contributed by atoms with Crippen molar-refractivity contribution < 1.29 is 13.9 Å².